The van der Waals surface area contributed by atoms with Gasteiger partial charge >= 0.3 is 0 Å². The molecule has 0 radical (unpaired) electrons. The summed E-state index contributed by atoms with van der Waals surface area (Å²) in [5.74, 6) is 0.913. The Labute approximate surface area is 121 Å². The number of aliphatic hydroxyl groups excluding tert-OH is 1. The van der Waals surface area contributed by atoms with Crippen LogP contribution in [0.2, 0.25) is 0 Å². The minimum atomic E-state index is -0.233. The Balaban J connectivity index is 2.03. The van der Waals surface area contributed by atoms with Gasteiger partial charge in [-0.2, -0.15) is 0 Å². The van der Waals surface area contributed by atoms with Crippen LogP contribution in [0.4, 0.5) is 0 Å². The average molecular weight is 279 g/mol. The number of phenolic OH excluding ortho intramolecular Hbond substituents is 1. The summed E-state index contributed by atoms with van der Waals surface area (Å²) < 4.78 is 5.14. The van der Waals surface area contributed by atoms with E-state index in [0.29, 0.717) is 5.75 Å². The van der Waals surface area contributed by atoms with Crippen LogP contribution in [-0.4, -0.2) is 48.0 Å². The molecule has 1 aromatic rings. The summed E-state index contributed by atoms with van der Waals surface area (Å²) in [6, 6.07) is 5.43. The molecule has 0 saturated carbocycles. The van der Waals surface area contributed by atoms with Gasteiger partial charge in [0.2, 0.25) is 0 Å². The van der Waals surface area contributed by atoms with Crippen molar-refractivity contribution < 1.29 is 14.9 Å². The lowest BCUT2D eigenvalue weighted by atomic mass is 9.88. The molecule has 20 heavy (non-hydrogen) atoms. The monoisotopic (exact) mass is 279 g/mol. The second kappa shape index (κ2) is 6.95. The van der Waals surface area contributed by atoms with Crippen molar-refractivity contribution in [2.45, 2.75) is 32.3 Å². The van der Waals surface area contributed by atoms with Crippen molar-refractivity contribution in [1.29, 1.82) is 0 Å². The number of hydrogen-bond donors (Lipinski definition) is 2. The van der Waals surface area contributed by atoms with Gasteiger partial charge in [-0.3, -0.25) is 0 Å². The summed E-state index contributed by atoms with van der Waals surface area (Å²) >= 11 is 0. The molecule has 0 amide bonds. The number of ether oxygens (including phenoxy) is 1. The summed E-state index contributed by atoms with van der Waals surface area (Å²) in [6.45, 7) is 5.22. The third-order valence-electron chi connectivity index (χ3n) is 4.06. The van der Waals surface area contributed by atoms with E-state index >= 15 is 0 Å². The van der Waals surface area contributed by atoms with Crippen molar-refractivity contribution in [3.05, 3.63) is 23.8 Å². The van der Waals surface area contributed by atoms with Crippen LogP contribution >= 0.6 is 0 Å². The summed E-state index contributed by atoms with van der Waals surface area (Å²) in [7, 11) is 1.55. The number of phenols is 1. The minimum Gasteiger partial charge on any atom is -0.504 e. The van der Waals surface area contributed by atoms with Gasteiger partial charge in [0.05, 0.1) is 13.2 Å². The molecule has 1 fully saturated rings. The molecule has 1 aliphatic rings. The SMILES string of the molecule is CCCN1CCC(O)C(Cc2ccc(O)c(OC)c2)C1. The molecule has 112 valence electrons. The van der Waals surface area contributed by atoms with Gasteiger partial charge in [-0.1, -0.05) is 13.0 Å². The van der Waals surface area contributed by atoms with E-state index in [4.69, 9.17) is 4.74 Å². The summed E-state index contributed by atoms with van der Waals surface area (Å²) in [4.78, 5) is 2.43. The summed E-state index contributed by atoms with van der Waals surface area (Å²) in [5.41, 5.74) is 1.10. The number of methoxy groups -OCH3 is 1. The first kappa shape index (κ1) is 15.1. The zero-order chi connectivity index (χ0) is 14.5. The number of likely N-dealkylation sites (tertiary alicyclic amines) is 1. The fourth-order valence-corrected chi connectivity index (χ4v) is 2.97. The minimum absolute atomic E-state index is 0.160. The highest BCUT2D eigenvalue weighted by Crippen LogP contribution is 2.29. The average Bonchev–Trinajstić information content (AvgIpc) is 2.45. The van der Waals surface area contributed by atoms with Crippen molar-refractivity contribution in [3.63, 3.8) is 0 Å². The molecule has 4 heteroatoms. The lowest BCUT2D eigenvalue weighted by Crippen LogP contribution is -2.44. The first-order valence-corrected chi connectivity index (χ1v) is 7.40. The van der Waals surface area contributed by atoms with E-state index < -0.39 is 0 Å². The van der Waals surface area contributed by atoms with Crippen molar-refractivity contribution >= 4 is 0 Å². The molecule has 1 aromatic carbocycles. The maximum Gasteiger partial charge on any atom is 0.160 e. The highest BCUT2D eigenvalue weighted by molar-refractivity contribution is 5.41. The quantitative estimate of drug-likeness (QED) is 0.866. The van der Waals surface area contributed by atoms with E-state index in [1.807, 2.05) is 12.1 Å². The Bertz CT molecular complexity index is 436. The van der Waals surface area contributed by atoms with Gasteiger partial charge in [-0.15, -0.1) is 0 Å². The topological polar surface area (TPSA) is 52.9 Å². The van der Waals surface area contributed by atoms with Crippen molar-refractivity contribution in [3.8, 4) is 11.5 Å². The molecule has 4 nitrogen and oxygen atoms in total. The van der Waals surface area contributed by atoms with E-state index in [9.17, 15) is 10.2 Å². The molecule has 2 N–H and O–H groups in total. The Hall–Kier alpha value is -1.26. The molecule has 0 bridgehead atoms. The lowest BCUT2D eigenvalue weighted by Gasteiger charge is -2.36. The predicted molar refractivity (Wildman–Crippen MR) is 79.2 cm³/mol. The van der Waals surface area contributed by atoms with Gasteiger partial charge in [0.15, 0.2) is 11.5 Å². The normalized spacial score (nSPS) is 23.8. The Kier molecular flexibility index (Phi) is 5.26. The van der Waals surface area contributed by atoms with Crippen LogP contribution in [-0.2, 0) is 6.42 Å². The smallest absolute Gasteiger partial charge is 0.160 e. The molecule has 2 unspecified atom stereocenters. The Morgan fingerprint density at radius 1 is 1.40 bits per heavy atom. The second-order valence-corrected chi connectivity index (χ2v) is 5.63. The van der Waals surface area contributed by atoms with Crippen LogP contribution in [0.3, 0.4) is 0 Å². The van der Waals surface area contributed by atoms with Gasteiger partial charge in [0.25, 0.3) is 0 Å². The lowest BCUT2D eigenvalue weighted by molar-refractivity contribution is 0.0270. The van der Waals surface area contributed by atoms with Gasteiger partial charge in [-0.05, 0) is 43.5 Å². The molecule has 1 aliphatic heterocycles. The summed E-state index contributed by atoms with van der Waals surface area (Å²) in [5, 5.41) is 19.8. The van der Waals surface area contributed by atoms with Gasteiger partial charge in [0.1, 0.15) is 0 Å². The zero-order valence-electron chi connectivity index (χ0n) is 12.4. The summed E-state index contributed by atoms with van der Waals surface area (Å²) in [6.07, 6.45) is 2.58. The highest BCUT2D eigenvalue weighted by atomic mass is 16.5. The highest BCUT2D eigenvalue weighted by Gasteiger charge is 2.27. The number of aliphatic hydroxyl groups is 1. The first-order chi connectivity index (χ1) is 9.63. The van der Waals surface area contributed by atoms with Crippen molar-refractivity contribution in [2.75, 3.05) is 26.7 Å². The van der Waals surface area contributed by atoms with Crippen LogP contribution in [0, 0.1) is 5.92 Å². The number of rotatable bonds is 5. The van der Waals surface area contributed by atoms with E-state index in [-0.39, 0.29) is 17.8 Å². The fourth-order valence-electron chi connectivity index (χ4n) is 2.97. The van der Waals surface area contributed by atoms with Crippen LogP contribution in [0.1, 0.15) is 25.3 Å². The molecule has 0 spiro atoms. The third kappa shape index (κ3) is 3.64. The zero-order valence-corrected chi connectivity index (χ0v) is 12.4. The Morgan fingerprint density at radius 2 is 2.20 bits per heavy atom. The van der Waals surface area contributed by atoms with Crippen molar-refractivity contribution in [1.82, 2.24) is 4.90 Å². The molecule has 1 heterocycles. The molecule has 0 aromatic heterocycles. The van der Waals surface area contributed by atoms with Crippen LogP contribution in [0.5, 0.6) is 11.5 Å². The molecule has 2 rings (SSSR count). The van der Waals surface area contributed by atoms with E-state index in [2.05, 4.69) is 11.8 Å². The molecular weight excluding hydrogens is 254 g/mol. The maximum atomic E-state index is 10.2. The van der Waals surface area contributed by atoms with Crippen LogP contribution in [0.15, 0.2) is 18.2 Å². The first-order valence-electron chi connectivity index (χ1n) is 7.40. The van der Waals surface area contributed by atoms with Crippen molar-refractivity contribution in [2.24, 2.45) is 5.92 Å². The van der Waals surface area contributed by atoms with E-state index in [1.54, 1.807) is 13.2 Å². The van der Waals surface area contributed by atoms with Gasteiger partial charge < -0.3 is 19.8 Å². The van der Waals surface area contributed by atoms with Gasteiger partial charge in [0, 0.05) is 19.0 Å². The number of nitrogens with zero attached hydrogens (tertiary/aromatic N) is 1. The van der Waals surface area contributed by atoms with Gasteiger partial charge in [-0.25, -0.2) is 0 Å². The number of piperidine rings is 1. The second-order valence-electron chi connectivity index (χ2n) is 5.63. The van der Waals surface area contributed by atoms with Crippen LogP contribution < -0.4 is 4.74 Å². The molecule has 0 aliphatic carbocycles. The Morgan fingerprint density at radius 3 is 2.90 bits per heavy atom. The number of aromatic hydroxyl groups is 1. The van der Waals surface area contributed by atoms with E-state index in [1.165, 1.54) is 0 Å². The number of benzene rings is 1. The third-order valence-corrected chi connectivity index (χ3v) is 4.06. The largest absolute Gasteiger partial charge is 0.504 e. The molecule has 1 saturated heterocycles. The van der Waals surface area contributed by atoms with E-state index in [0.717, 1.165) is 44.5 Å². The predicted octanol–water partition coefficient (Wildman–Crippen LogP) is 2.04. The molecular formula is C16H25NO3. The fraction of sp³-hybridized carbons (Fsp3) is 0.625. The standard InChI is InChI=1S/C16H25NO3/c1-3-7-17-8-6-14(18)13(11-17)9-12-4-5-15(19)16(10-12)20-2/h4-5,10,13-14,18-19H,3,6-9,11H2,1-2H3. The maximum absolute atomic E-state index is 10.2. The number of hydrogen-bond acceptors (Lipinski definition) is 4. The van der Waals surface area contributed by atoms with Crippen LogP contribution in [0.25, 0.3) is 0 Å². The molecule has 2 atom stereocenters.